The van der Waals surface area contributed by atoms with Crippen LogP contribution in [0, 0.1) is 0 Å². The summed E-state index contributed by atoms with van der Waals surface area (Å²) in [7, 11) is 0. The molecule has 0 saturated carbocycles. The predicted molar refractivity (Wildman–Crippen MR) is 186 cm³/mol. The van der Waals surface area contributed by atoms with Gasteiger partial charge in [-0.2, -0.15) is 0 Å². The minimum atomic E-state index is -1.32. The van der Waals surface area contributed by atoms with Crippen molar-refractivity contribution in [2.45, 2.75) is 52.1 Å². The Labute approximate surface area is 279 Å². The van der Waals surface area contributed by atoms with E-state index in [1.807, 2.05) is 36.4 Å². The number of aliphatic hydroxyl groups is 2. The van der Waals surface area contributed by atoms with Crippen LogP contribution in [0.4, 0.5) is 0 Å². The molecule has 4 atom stereocenters. The maximum atomic E-state index is 13.9. The molecule has 7 heteroatoms. The van der Waals surface area contributed by atoms with E-state index >= 15 is 0 Å². The van der Waals surface area contributed by atoms with Gasteiger partial charge in [0, 0.05) is 24.2 Å². The van der Waals surface area contributed by atoms with Crippen LogP contribution in [0.1, 0.15) is 95.1 Å². The van der Waals surface area contributed by atoms with E-state index in [0.29, 0.717) is 46.5 Å². The largest absolute Gasteiger partial charge is 0.380 e. The molecule has 4 unspecified atom stereocenters. The fourth-order valence-corrected chi connectivity index (χ4v) is 5.93. The van der Waals surface area contributed by atoms with Crippen LogP contribution in [0.15, 0.2) is 109 Å². The normalized spacial score (nSPS) is 14.1. The van der Waals surface area contributed by atoms with Crippen molar-refractivity contribution in [2.24, 2.45) is 0 Å². The maximum absolute atomic E-state index is 13.9. The fraction of sp³-hybridized carbons (Fsp3) is 0.350. The molecule has 2 N–H and O–H groups in total. The lowest BCUT2D eigenvalue weighted by molar-refractivity contribution is -0.0456. The number of benzene rings is 4. The van der Waals surface area contributed by atoms with E-state index in [2.05, 4.69) is 37.5 Å². The van der Waals surface area contributed by atoms with Gasteiger partial charge in [0.2, 0.25) is 0 Å². The Balaban J connectivity index is 1.79. The lowest BCUT2D eigenvalue weighted by atomic mass is 9.92. The van der Waals surface area contributed by atoms with Gasteiger partial charge < -0.3 is 24.7 Å². The molecular formula is C40H48N2O5. The second-order valence-corrected chi connectivity index (χ2v) is 11.6. The molecule has 248 valence electrons. The predicted octanol–water partition coefficient (Wildman–Crippen LogP) is 7.00. The molecule has 4 aromatic carbocycles. The fourth-order valence-electron chi connectivity index (χ4n) is 5.93. The van der Waals surface area contributed by atoms with E-state index < -0.39 is 36.0 Å². The summed E-state index contributed by atoms with van der Waals surface area (Å²) in [6, 6.07) is 32.5. The van der Waals surface area contributed by atoms with E-state index in [9.17, 15) is 19.8 Å². The summed E-state index contributed by atoms with van der Waals surface area (Å²) in [4.78, 5) is 32.2. The number of hydrogen-bond donors (Lipinski definition) is 2. The lowest BCUT2D eigenvalue weighted by Crippen LogP contribution is -2.35. The standard InChI is InChI=1S/C40H48N2O5/c1-5-41(6-2)27-35(31-23-15-17-25-33(31)39(45)37(43)29-19-11-9-12-20-29)47-36(28-42(7-3)8-4)32-24-16-18-26-34(32)40(46)38(44)30-21-13-10-14-22-30/h9-26,35-38,43-44H,5-8,27-28H2,1-4H3. The summed E-state index contributed by atoms with van der Waals surface area (Å²) in [6.07, 6.45) is -3.78. The number of carbonyl (C=O) groups excluding carboxylic acids is 2. The maximum Gasteiger partial charge on any atom is 0.196 e. The highest BCUT2D eigenvalue weighted by atomic mass is 16.5. The molecule has 0 aliphatic rings. The first-order valence-corrected chi connectivity index (χ1v) is 16.6. The second-order valence-electron chi connectivity index (χ2n) is 11.6. The number of ketones is 2. The molecular weight excluding hydrogens is 588 g/mol. The molecule has 47 heavy (non-hydrogen) atoms. The summed E-state index contributed by atoms with van der Waals surface area (Å²) in [6.45, 7) is 12.4. The number of rotatable bonds is 18. The molecule has 0 saturated heterocycles. The SMILES string of the molecule is CCN(CC)CC(OC(CN(CC)CC)c1ccccc1C(=O)C(O)c1ccccc1)c1ccccc1C(=O)C(O)c1ccccc1. The first kappa shape index (κ1) is 35.9. The quantitative estimate of drug-likeness (QED) is 0.114. The van der Waals surface area contributed by atoms with E-state index in [0.717, 1.165) is 26.2 Å². The van der Waals surface area contributed by atoms with Crippen LogP contribution in [0.3, 0.4) is 0 Å². The van der Waals surface area contributed by atoms with Crippen LogP contribution in [0.5, 0.6) is 0 Å². The molecule has 0 radical (unpaired) electrons. The van der Waals surface area contributed by atoms with Gasteiger partial charge in [0.1, 0.15) is 12.2 Å². The van der Waals surface area contributed by atoms with Gasteiger partial charge in [-0.15, -0.1) is 0 Å². The number of aliphatic hydroxyl groups excluding tert-OH is 2. The molecule has 0 fully saturated rings. The van der Waals surface area contributed by atoms with Crippen LogP contribution in [0.25, 0.3) is 0 Å². The average Bonchev–Trinajstić information content (AvgIpc) is 3.14. The Hall–Kier alpha value is -3.98. The van der Waals surface area contributed by atoms with Crippen molar-refractivity contribution >= 4 is 11.6 Å². The van der Waals surface area contributed by atoms with Crippen LogP contribution in [-0.2, 0) is 4.74 Å². The smallest absolute Gasteiger partial charge is 0.196 e. The first-order chi connectivity index (χ1) is 22.8. The average molecular weight is 637 g/mol. The second kappa shape index (κ2) is 17.8. The van der Waals surface area contributed by atoms with Gasteiger partial charge in [0.15, 0.2) is 11.6 Å². The molecule has 0 aliphatic carbocycles. The van der Waals surface area contributed by atoms with Gasteiger partial charge in [-0.25, -0.2) is 0 Å². The molecule has 0 spiro atoms. The number of ether oxygens (including phenoxy) is 1. The number of nitrogens with zero attached hydrogens (tertiary/aromatic N) is 2. The Morgan fingerprint density at radius 2 is 0.851 bits per heavy atom. The van der Waals surface area contributed by atoms with Crippen molar-refractivity contribution < 1.29 is 24.5 Å². The monoisotopic (exact) mass is 636 g/mol. The zero-order chi connectivity index (χ0) is 33.8. The highest BCUT2D eigenvalue weighted by Crippen LogP contribution is 2.35. The van der Waals surface area contributed by atoms with Crippen LogP contribution in [-0.4, -0.2) is 70.8 Å². The van der Waals surface area contributed by atoms with Crippen LogP contribution < -0.4 is 0 Å². The van der Waals surface area contributed by atoms with E-state index in [1.54, 1.807) is 72.8 Å². The summed E-state index contributed by atoms with van der Waals surface area (Å²) in [5.74, 6) is -0.802. The van der Waals surface area contributed by atoms with Gasteiger partial charge in [-0.1, -0.05) is 137 Å². The minimum absolute atomic E-state index is 0.395. The van der Waals surface area contributed by atoms with Crippen molar-refractivity contribution in [1.29, 1.82) is 0 Å². The highest BCUT2D eigenvalue weighted by molar-refractivity contribution is 6.02. The van der Waals surface area contributed by atoms with Crippen molar-refractivity contribution in [1.82, 2.24) is 9.80 Å². The van der Waals surface area contributed by atoms with Crippen LogP contribution in [0.2, 0.25) is 0 Å². The third-order valence-electron chi connectivity index (χ3n) is 8.84. The van der Waals surface area contributed by atoms with Gasteiger partial charge >= 0.3 is 0 Å². The van der Waals surface area contributed by atoms with E-state index in [-0.39, 0.29) is 0 Å². The summed E-state index contributed by atoms with van der Waals surface area (Å²) in [5, 5.41) is 22.3. The molecule has 7 nitrogen and oxygen atoms in total. The highest BCUT2D eigenvalue weighted by Gasteiger charge is 2.31. The Morgan fingerprint density at radius 3 is 1.19 bits per heavy atom. The van der Waals surface area contributed by atoms with Crippen molar-refractivity contribution in [3.05, 3.63) is 143 Å². The summed E-state index contributed by atoms with van der Waals surface area (Å²) < 4.78 is 7.09. The van der Waals surface area contributed by atoms with Gasteiger partial charge in [0.05, 0.1) is 12.2 Å². The molecule has 0 amide bonds. The summed E-state index contributed by atoms with van der Waals surface area (Å²) in [5.41, 5.74) is 3.20. The van der Waals surface area contributed by atoms with Crippen LogP contribution >= 0.6 is 0 Å². The number of hydrogen-bond acceptors (Lipinski definition) is 7. The van der Waals surface area contributed by atoms with Crippen molar-refractivity contribution in [2.75, 3.05) is 39.3 Å². The van der Waals surface area contributed by atoms with Gasteiger partial charge in [-0.05, 0) is 48.4 Å². The zero-order valence-corrected chi connectivity index (χ0v) is 28.0. The topological polar surface area (TPSA) is 90.3 Å². The first-order valence-electron chi connectivity index (χ1n) is 16.6. The molecule has 0 aromatic heterocycles. The minimum Gasteiger partial charge on any atom is -0.380 e. The molecule has 0 bridgehead atoms. The Kier molecular flexibility index (Phi) is 13.6. The van der Waals surface area contributed by atoms with Crippen molar-refractivity contribution in [3.63, 3.8) is 0 Å². The molecule has 4 rings (SSSR count). The van der Waals surface area contributed by atoms with Crippen molar-refractivity contribution in [3.8, 4) is 0 Å². The molecule has 4 aromatic rings. The summed E-state index contributed by atoms with van der Waals surface area (Å²) >= 11 is 0. The molecule has 0 aliphatic heterocycles. The van der Waals surface area contributed by atoms with E-state index in [1.165, 1.54) is 0 Å². The Morgan fingerprint density at radius 1 is 0.532 bits per heavy atom. The number of carbonyl (C=O) groups is 2. The van der Waals surface area contributed by atoms with Gasteiger partial charge in [0.25, 0.3) is 0 Å². The van der Waals surface area contributed by atoms with E-state index in [4.69, 9.17) is 4.74 Å². The van der Waals surface area contributed by atoms with Gasteiger partial charge in [-0.3, -0.25) is 9.59 Å². The number of Topliss-reactive ketones (excluding diaryl/α,β-unsaturated/α-hetero) is 2. The number of likely N-dealkylation sites (N-methyl/N-ethyl adjacent to an activating group) is 2. The molecule has 0 heterocycles. The third kappa shape index (κ3) is 9.10. The lowest BCUT2D eigenvalue weighted by Gasteiger charge is -2.34. The zero-order valence-electron chi connectivity index (χ0n) is 28.0. The Bertz CT molecular complexity index is 1440. The third-order valence-corrected chi connectivity index (χ3v) is 8.84.